The molecule has 0 spiro atoms. The maximum Gasteiger partial charge on any atom is 0.0456 e. The van der Waals surface area contributed by atoms with Crippen LogP contribution in [0.5, 0.6) is 0 Å². The average Bonchev–Trinajstić information content (AvgIpc) is 2.91. The molecule has 0 radical (unpaired) electrons. The van der Waals surface area contributed by atoms with Crippen molar-refractivity contribution in [2.24, 2.45) is 0 Å². The van der Waals surface area contributed by atoms with Crippen LogP contribution in [-0.2, 0) is 6.42 Å². The van der Waals surface area contributed by atoms with Crippen LogP contribution in [0.15, 0.2) is 61.6 Å². The number of H-pyrrole nitrogens is 1. The molecule has 3 heteroatoms. The molecule has 1 aromatic carbocycles. The Labute approximate surface area is 124 Å². The van der Waals surface area contributed by atoms with Gasteiger partial charge < -0.3 is 10.3 Å². The largest absolute Gasteiger partial charge is 0.382 e. The lowest BCUT2D eigenvalue weighted by Gasteiger charge is -2.17. The summed E-state index contributed by atoms with van der Waals surface area (Å²) >= 11 is 0. The number of rotatable bonds is 5. The van der Waals surface area contributed by atoms with Gasteiger partial charge in [0, 0.05) is 46.8 Å². The molecule has 0 amide bonds. The molecule has 0 saturated carbocycles. The third-order valence-electron chi connectivity index (χ3n) is 3.65. The Morgan fingerprint density at radius 2 is 2.00 bits per heavy atom. The Bertz CT molecular complexity index is 743. The van der Waals surface area contributed by atoms with Crippen molar-refractivity contribution in [3.8, 4) is 0 Å². The lowest BCUT2D eigenvalue weighted by atomic mass is 10.1. The third-order valence-corrected chi connectivity index (χ3v) is 3.65. The second-order valence-electron chi connectivity index (χ2n) is 5.32. The van der Waals surface area contributed by atoms with Crippen LogP contribution >= 0.6 is 0 Å². The molecule has 0 bridgehead atoms. The van der Waals surface area contributed by atoms with Crippen LogP contribution in [0.2, 0.25) is 0 Å². The lowest BCUT2D eigenvalue weighted by Crippen LogP contribution is -2.26. The van der Waals surface area contributed by atoms with E-state index < -0.39 is 0 Å². The van der Waals surface area contributed by atoms with E-state index >= 15 is 0 Å². The Morgan fingerprint density at radius 1 is 1.24 bits per heavy atom. The molecule has 3 aromatic rings. The zero-order valence-corrected chi connectivity index (χ0v) is 12.1. The first-order valence-corrected chi connectivity index (χ1v) is 7.15. The Hall–Kier alpha value is -2.55. The Balaban J connectivity index is 1.69. The van der Waals surface area contributed by atoms with Crippen molar-refractivity contribution in [2.75, 3.05) is 0 Å². The highest BCUT2D eigenvalue weighted by molar-refractivity contribution is 5.83. The molecule has 1 atom stereocenters. The number of para-hydroxylation sites is 1. The first-order chi connectivity index (χ1) is 10.2. The second-order valence-corrected chi connectivity index (χ2v) is 5.32. The number of benzene rings is 1. The fourth-order valence-corrected chi connectivity index (χ4v) is 2.62. The van der Waals surface area contributed by atoms with Crippen molar-refractivity contribution in [1.82, 2.24) is 15.3 Å². The van der Waals surface area contributed by atoms with Crippen LogP contribution in [-0.4, -0.2) is 16.0 Å². The van der Waals surface area contributed by atoms with Gasteiger partial charge in [-0.3, -0.25) is 4.98 Å². The van der Waals surface area contributed by atoms with E-state index in [0.29, 0.717) is 6.04 Å². The normalized spacial score (nSPS) is 12.2. The van der Waals surface area contributed by atoms with Crippen molar-refractivity contribution >= 4 is 16.6 Å². The number of hydrogen-bond donors (Lipinski definition) is 2. The highest BCUT2D eigenvalue weighted by Gasteiger charge is 2.09. The maximum atomic E-state index is 4.11. The summed E-state index contributed by atoms with van der Waals surface area (Å²) in [6.45, 7) is 6.28. The second kappa shape index (κ2) is 5.83. The number of aromatic nitrogens is 2. The van der Waals surface area contributed by atoms with Gasteiger partial charge >= 0.3 is 0 Å². The molecule has 21 heavy (non-hydrogen) atoms. The number of nitrogens with zero attached hydrogens (tertiary/aromatic N) is 1. The average molecular weight is 277 g/mol. The van der Waals surface area contributed by atoms with E-state index in [0.717, 1.165) is 17.7 Å². The predicted octanol–water partition coefficient (Wildman–Crippen LogP) is 3.75. The monoisotopic (exact) mass is 277 g/mol. The molecular weight excluding hydrogens is 258 g/mol. The number of pyridine rings is 1. The molecule has 3 nitrogen and oxygen atoms in total. The number of hydrogen-bond acceptors (Lipinski definition) is 2. The summed E-state index contributed by atoms with van der Waals surface area (Å²) in [6, 6.07) is 12.6. The van der Waals surface area contributed by atoms with Crippen LogP contribution in [0.25, 0.3) is 16.6 Å². The molecular formula is C18H19N3. The van der Waals surface area contributed by atoms with Crippen molar-refractivity contribution in [2.45, 2.75) is 19.4 Å². The summed E-state index contributed by atoms with van der Waals surface area (Å²) in [4.78, 5) is 7.35. The molecule has 2 N–H and O–H groups in total. The highest BCUT2D eigenvalue weighted by Crippen LogP contribution is 2.19. The van der Waals surface area contributed by atoms with E-state index in [2.05, 4.69) is 59.2 Å². The van der Waals surface area contributed by atoms with Gasteiger partial charge in [-0.1, -0.05) is 24.8 Å². The molecule has 0 aliphatic heterocycles. The SMILES string of the molecule is C=C(NC(C)Cc1c[nH]c2ccccc12)c1ccncc1. The fraction of sp³-hybridized carbons (Fsp3) is 0.167. The van der Waals surface area contributed by atoms with Gasteiger partial charge in [-0.25, -0.2) is 0 Å². The number of aromatic amines is 1. The van der Waals surface area contributed by atoms with E-state index in [9.17, 15) is 0 Å². The van der Waals surface area contributed by atoms with E-state index in [1.54, 1.807) is 12.4 Å². The quantitative estimate of drug-likeness (QED) is 0.745. The Morgan fingerprint density at radius 3 is 2.81 bits per heavy atom. The molecule has 1 unspecified atom stereocenters. The Kier molecular flexibility index (Phi) is 3.73. The number of fused-ring (bicyclic) bond motifs is 1. The molecule has 0 aliphatic carbocycles. The molecule has 2 heterocycles. The van der Waals surface area contributed by atoms with Crippen molar-refractivity contribution < 1.29 is 0 Å². The highest BCUT2D eigenvalue weighted by atomic mass is 14.9. The summed E-state index contributed by atoms with van der Waals surface area (Å²) in [5.74, 6) is 0. The van der Waals surface area contributed by atoms with E-state index in [1.807, 2.05) is 12.1 Å². The van der Waals surface area contributed by atoms with Gasteiger partial charge in [0.1, 0.15) is 0 Å². The van der Waals surface area contributed by atoms with Crippen LogP contribution in [0, 0.1) is 0 Å². The first-order valence-electron chi connectivity index (χ1n) is 7.15. The molecule has 0 aliphatic rings. The summed E-state index contributed by atoms with van der Waals surface area (Å²) < 4.78 is 0. The smallest absolute Gasteiger partial charge is 0.0456 e. The minimum absolute atomic E-state index is 0.310. The van der Waals surface area contributed by atoms with Gasteiger partial charge in [-0.05, 0) is 37.1 Å². The topological polar surface area (TPSA) is 40.7 Å². The summed E-state index contributed by atoms with van der Waals surface area (Å²) in [7, 11) is 0. The maximum absolute atomic E-state index is 4.11. The van der Waals surface area contributed by atoms with Crippen LogP contribution in [0.1, 0.15) is 18.1 Å². The van der Waals surface area contributed by atoms with Gasteiger partial charge in [-0.15, -0.1) is 0 Å². The summed E-state index contributed by atoms with van der Waals surface area (Å²) in [6.07, 6.45) is 6.62. The fourth-order valence-electron chi connectivity index (χ4n) is 2.62. The lowest BCUT2D eigenvalue weighted by molar-refractivity contribution is 0.650. The van der Waals surface area contributed by atoms with E-state index in [-0.39, 0.29) is 0 Å². The third kappa shape index (κ3) is 2.97. The zero-order chi connectivity index (χ0) is 14.7. The summed E-state index contributed by atoms with van der Waals surface area (Å²) in [5, 5.41) is 4.76. The van der Waals surface area contributed by atoms with Crippen molar-refractivity contribution in [3.63, 3.8) is 0 Å². The standard InChI is InChI=1S/C18H19N3/c1-13(21-14(2)15-7-9-19-10-8-15)11-16-12-20-18-6-4-3-5-17(16)18/h3-10,12-13,20-21H,2,11H2,1H3. The van der Waals surface area contributed by atoms with Crippen molar-refractivity contribution in [3.05, 3.63) is 72.7 Å². The van der Waals surface area contributed by atoms with E-state index in [1.165, 1.54) is 16.5 Å². The predicted molar refractivity (Wildman–Crippen MR) is 87.9 cm³/mol. The molecule has 2 aromatic heterocycles. The summed E-state index contributed by atoms with van der Waals surface area (Å²) in [5.41, 5.74) is 4.53. The van der Waals surface area contributed by atoms with Gasteiger partial charge in [0.15, 0.2) is 0 Å². The van der Waals surface area contributed by atoms with Crippen LogP contribution in [0.3, 0.4) is 0 Å². The van der Waals surface area contributed by atoms with Crippen LogP contribution in [0.4, 0.5) is 0 Å². The van der Waals surface area contributed by atoms with Gasteiger partial charge in [-0.2, -0.15) is 0 Å². The molecule has 0 fully saturated rings. The van der Waals surface area contributed by atoms with Gasteiger partial charge in [0.2, 0.25) is 0 Å². The minimum atomic E-state index is 0.310. The van der Waals surface area contributed by atoms with Crippen LogP contribution < -0.4 is 5.32 Å². The van der Waals surface area contributed by atoms with Gasteiger partial charge in [0.05, 0.1) is 0 Å². The number of nitrogens with one attached hydrogen (secondary N) is 2. The first kappa shape index (κ1) is 13.4. The van der Waals surface area contributed by atoms with Crippen molar-refractivity contribution in [1.29, 1.82) is 0 Å². The minimum Gasteiger partial charge on any atom is -0.382 e. The zero-order valence-electron chi connectivity index (χ0n) is 12.1. The molecule has 106 valence electrons. The van der Waals surface area contributed by atoms with E-state index in [4.69, 9.17) is 0 Å². The molecule has 0 saturated heterocycles. The molecule has 3 rings (SSSR count). The van der Waals surface area contributed by atoms with Gasteiger partial charge in [0.25, 0.3) is 0 Å².